The molecule has 10 nitrogen and oxygen atoms in total. The first-order valence-corrected chi connectivity index (χ1v) is 17.7. The average Bonchev–Trinajstić information content (AvgIpc) is 3.72. The van der Waals surface area contributed by atoms with Crippen LogP contribution in [0.1, 0.15) is 40.4 Å². The van der Waals surface area contributed by atoms with E-state index in [4.69, 9.17) is 32.7 Å². The molecule has 0 spiro atoms. The Morgan fingerprint density at radius 2 is 1.81 bits per heavy atom. The average molecular weight is 731 g/mol. The molecule has 0 unspecified atom stereocenters. The van der Waals surface area contributed by atoms with Crippen LogP contribution in [0.2, 0.25) is 10.0 Å². The molecule has 16 heteroatoms. The predicted octanol–water partition coefficient (Wildman–Crippen LogP) is 6.07. The molecule has 5 rings (SSSR count). The van der Waals surface area contributed by atoms with Crippen molar-refractivity contribution in [3.05, 3.63) is 81.6 Å². The van der Waals surface area contributed by atoms with E-state index >= 15 is 0 Å². The van der Waals surface area contributed by atoms with Gasteiger partial charge in [-0.2, -0.15) is 13.1 Å². The first-order chi connectivity index (χ1) is 22.3. The third kappa shape index (κ3) is 8.47. The van der Waals surface area contributed by atoms with Gasteiger partial charge in [0.2, 0.25) is 10.0 Å². The molecule has 2 heterocycles. The Morgan fingerprint density at radius 3 is 2.47 bits per heavy atom. The minimum atomic E-state index is -4.24. The molecule has 1 saturated carbocycles. The second kappa shape index (κ2) is 14.9. The van der Waals surface area contributed by atoms with Crippen LogP contribution in [0.4, 0.5) is 8.78 Å². The van der Waals surface area contributed by atoms with Gasteiger partial charge in [0.15, 0.2) is 16.9 Å². The number of hydrogen-bond donors (Lipinski definition) is 0. The Labute approximate surface area is 285 Å². The van der Waals surface area contributed by atoms with Gasteiger partial charge in [-0.05, 0) is 60.2 Å². The summed E-state index contributed by atoms with van der Waals surface area (Å²) in [6, 6.07) is 9.79. The van der Waals surface area contributed by atoms with Crippen molar-refractivity contribution in [3.8, 4) is 11.5 Å². The van der Waals surface area contributed by atoms with Crippen molar-refractivity contribution in [3.63, 3.8) is 0 Å². The summed E-state index contributed by atoms with van der Waals surface area (Å²) in [4.78, 5) is 31.5. The first-order valence-electron chi connectivity index (χ1n) is 14.5. The fourth-order valence-corrected chi connectivity index (χ4v) is 8.45. The van der Waals surface area contributed by atoms with Gasteiger partial charge >= 0.3 is 12.6 Å². The Hall–Kier alpha value is -3.17. The van der Waals surface area contributed by atoms with Crippen molar-refractivity contribution in [2.75, 3.05) is 33.0 Å². The zero-order valence-electron chi connectivity index (χ0n) is 25.3. The number of rotatable bonds is 13. The van der Waals surface area contributed by atoms with Gasteiger partial charge < -0.3 is 19.1 Å². The third-order valence-corrected chi connectivity index (χ3v) is 11.3. The van der Waals surface area contributed by atoms with Gasteiger partial charge in [-0.3, -0.25) is 9.78 Å². The largest absolute Gasteiger partial charge is 0.489 e. The Kier molecular flexibility index (Phi) is 11.2. The Bertz CT molecular complexity index is 1730. The molecule has 0 radical (unpaired) electrons. The van der Waals surface area contributed by atoms with Crippen LogP contribution in [0, 0.1) is 5.92 Å². The van der Waals surface area contributed by atoms with Crippen molar-refractivity contribution in [1.29, 1.82) is 0 Å². The number of carbonyl (C=O) groups excluding carboxylic acids is 2. The van der Waals surface area contributed by atoms with E-state index in [0.29, 0.717) is 29.4 Å². The maximum atomic E-state index is 13.8. The molecule has 1 amide bonds. The topological polar surface area (TPSA) is 115 Å². The number of hydrogen-bond acceptors (Lipinski definition) is 9. The number of sulfonamides is 1. The molecule has 2 fully saturated rings. The first kappa shape index (κ1) is 35.1. The number of ether oxygens (including phenoxy) is 3. The van der Waals surface area contributed by atoms with E-state index in [1.807, 2.05) is 0 Å². The molecule has 0 bridgehead atoms. The molecule has 252 valence electrons. The minimum absolute atomic E-state index is 0.0180. The van der Waals surface area contributed by atoms with Crippen molar-refractivity contribution in [2.45, 2.75) is 42.2 Å². The number of nitrogens with zero attached hydrogens (tertiary/aromatic N) is 3. The lowest BCUT2D eigenvalue weighted by molar-refractivity contribution is -0.150. The smallest absolute Gasteiger partial charge is 0.387 e. The number of benzene rings is 2. The zero-order chi connectivity index (χ0) is 33.9. The highest BCUT2D eigenvalue weighted by Gasteiger charge is 2.42. The molecule has 3 aromatic rings. The fourth-order valence-electron chi connectivity index (χ4n) is 4.84. The van der Waals surface area contributed by atoms with Crippen molar-refractivity contribution in [1.82, 2.24) is 14.2 Å². The van der Waals surface area contributed by atoms with Crippen LogP contribution in [0.25, 0.3) is 0 Å². The van der Waals surface area contributed by atoms with E-state index in [9.17, 15) is 26.8 Å². The lowest BCUT2D eigenvalue weighted by atomic mass is 10.0. The molecule has 1 aromatic heterocycles. The Morgan fingerprint density at radius 1 is 1.09 bits per heavy atom. The lowest BCUT2D eigenvalue weighted by Gasteiger charge is -2.26. The second-order valence-electron chi connectivity index (χ2n) is 11.1. The van der Waals surface area contributed by atoms with E-state index in [0.717, 1.165) is 28.9 Å². The SMILES string of the molecule is CN(C)C(=O)c1cccc(S(=O)(=O)N2CCS[C@@H]2C(=O)O[C@@H](Cc2c(Cl)cncc2Cl)c2ccc(OC(F)F)c(OCC3CC3)c2)c1. The minimum Gasteiger partial charge on any atom is -0.489 e. The van der Waals surface area contributed by atoms with Gasteiger partial charge in [-0.25, -0.2) is 13.2 Å². The number of thioether (sulfide) groups is 1. The molecule has 1 saturated heterocycles. The van der Waals surface area contributed by atoms with E-state index in [-0.39, 0.29) is 50.9 Å². The highest BCUT2D eigenvalue weighted by molar-refractivity contribution is 8.02. The third-order valence-electron chi connectivity index (χ3n) is 7.47. The standard InChI is InChI=1S/C31H31Cl2F2N3O7S2/c1-37(2)28(39)20-4-3-5-21(12-20)47(41,42)38-10-11-46-29(38)30(40)44-26(14-22-23(32)15-36-16-24(22)33)19-8-9-25(45-31(34)35)27(13-19)43-17-18-6-7-18/h3-5,8-9,12-13,15-16,18,26,29,31H,6-7,10-11,14,17H2,1-2H3/t26-,29+/m0/s1. The Balaban J connectivity index is 1.46. The maximum absolute atomic E-state index is 13.8. The number of alkyl halides is 2. The number of amides is 1. The number of pyridine rings is 1. The fraction of sp³-hybridized carbons (Fsp3) is 0.387. The second-order valence-corrected chi connectivity index (χ2v) is 15.0. The van der Waals surface area contributed by atoms with Gasteiger partial charge in [-0.15, -0.1) is 11.8 Å². The molecular formula is C31H31Cl2F2N3O7S2. The van der Waals surface area contributed by atoms with Crippen LogP contribution in [0.15, 0.2) is 59.8 Å². The summed E-state index contributed by atoms with van der Waals surface area (Å²) >= 11 is 13.9. The van der Waals surface area contributed by atoms with E-state index in [1.54, 1.807) is 14.1 Å². The van der Waals surface area contributed by atoms with Gasteiger partial charge in [0.25, 0.3) is 5.91 Å². The molecule has 2 aromatic carbocycles. The monoisotopic (exact) mass is 729 g/mol. The highest BCUT2D eigenvalue weighted by atomic mass is 35.5. The quantitative estimate of drug-likeness (QED) is 0.193. The summed E-state index contributed by atoms with van der Waals surface area (Å²) < 4.78 is 71.5. The summed E-state index contributed by atoms with van der Waals surface area (Å²) in [5.74, 6) is -0.787. The van der Waals surface area contributed by atoms with E-state index in [1.165, 1.54) is 59.8 Å². The lowest BCUT2D eigenvalue weighted by Crippen LogP contribution is -2.40. The summed E-state index contributed by atoms with van der Waals surface area (Å²) in [5.41, 5.74) is 0.926. The van der Waals surface area contributed by atoms with Crippen molar-refractivity contribution >= 4 is 56.9 Å². The van der Waals surface area contributed by atoms with Crippen LogP contribution >= 0.6 is 35.0 Å². The zero-order valence-corrected chi connectivity index (χ0v) is 28.4. The number of esters is 1. The normalized spacial score (nSPS) is 17.4. The van der Waals surface area contributed by atoms with Crippen LogP contribution in [0.3, 0.4) is 0 Å². The van der Waals surface area contributed by atoms with Crippen LogP contribution < -0.4 is 9.47 Å². The molecule has 0 N–H and O–H groups in total. The number of carbonyl (C=O) groups is 2. The molecule has 1 aliphatic carbocycles. The van der Waals surface area contributed by atoms with Crippen LogP contribution in [-0.2, 0) is 26.0 Å². The summed E-state index contributed by atoms with van der Waals surface area (Å²) in [7, 11) is -1.13. The van der Waals surface area contributed by atoms with Gasteiger partial charge in [0, 0.05) is 50.8 Å². The van der Waals surface area contributed by atoms with Gasteiger partial charge in [0.05, 0.1) is 21.5 Å². The molecule has 47 heavy (non-hydrogen) atoms. The molecule has 2 atom stereocenters. The molecule has 1 aliphatic heterocycles. The van der Waals surface area contributed by atoms with E-state index in [2.05, 4.69) is 9.72 Å². The van der Waals surface area contributed by atoms with Gasteiger partial charge in [-0.1, -0.05) is 35.3 Å². The van der Waals surface area contributed by atoms with Gasteiger partial charge in [0.1, 0.15) is 6.10 Å². The van der Waals surface area contributed by atoms with Crippen molar-refractivity contribution in [2.24, 2.45) is 5.92 Å². The number of aromatic nitrogens is 1. The summed E-state index contributed by atoms with van der Waals surface area (Å²) in [5, 5.41) is -0.855. The molecular weight excluding hydrogens is 699 g/mol. The summed E-state index contributed by atoms with van der Waals surface area (Å²) in [6.45, 7) is -2.78. The number of halogens is 4. The van der Waals surface area contributed by atoms with E-state index < -0.39 is 34.1 Å². The molecule has 2 aliphatic rings. The van der Waals surface area contributed by atoms with Crippen LogP contribution in [-0.4, -0.2) is 79.5 Å². The van der Waals surface area contributed by atoms with Crippen LogP contribution in [0.5, 0.6) is 11.5 Å². The van der Waals surface area contributed by atoms with Crippen molar-refractivity contribution < 1.29 is 41.0 Å². The summed E-state index contributed by atoms with van der Waals surface area (Å²) in [6.07, 6.45) is 3.51. The predicted molar refractivity (Wildman–Crippen MR) is 173 cm³/mol. The highest BCUT2D eigenvalue weighted by Crippen LogP contribution is 2.39. The maximum Gasteiger partial charge on any atom is 0.387 e.